The molecule has 0 radical (unpaired) electrons. The number of hydrogen-bond acceptors (Lipinski definition) is 5. The van der Waals surface area contributed by atoms with Gasteiger partial charge in [-0.25, -0.2) is 4.79 Å². The number of halogens is 1. The zero-order valence-electron chi connectivity index (χ0n) is 18.2. The maximum absolute atomic E-state index is 12.3. The molecule has 2 heterocycles. The molecule has 0 unspecified atom stereocenters. The largest absolute Gasteiger partial charge is 0.459 e. The second-order valence-corrected chi connectivity index (χ2v) is 9.18. The van der Waals surface area contributed by atoms with Crippen LogP contribution in [0.15, 0.2) is 40.8 Å². The molecule has 0 spiro atoms. The van der Waals surface area contributed by atoms with Gasteiger partial charge in [-0.2, -0.15) is 0 Å². The van der Waals surface area contributed by atoms with E-state index in [1.165, 1.54) is 0 Å². The maximum Gasteiger partial charge on any atom is 0.407 e. The third-order valence-electron chi connectivity index (χ3n) is 4.93. The smallest absolute Gasteiger partial charge is 0.407 e. The molecule has 31 heavy (non-hydrogen) atoms. The summed E-state index contributed by atoms with van der Waals surface area (Å²) in [5, 5.41) is 6.48. The predicted octanol–water partition coefficient (Wildman–Crippen LogP) is 4.21. The quantitative estimate of drug-likeness (QED) is 0.693. The van der Waals surface area contributed by atoms with E-state index < -0.39 is 5.60 Å². The minimum absolute atomic E-state index is 0.0528. The Morgan fingerprint density at radius 2 is 1.81 bits per heavy atom. The summed E-state index contributed by atoms with van der Waals surface area (Å²) in [4.78, 5) is 26.3. The molecule has 3 rings (SSSR count). The number of furan rings is 1. The Hall–Kier alpha value is -2.51. The first kappa shape index (κ1) is 23.2. The van der Waals surface area contributed by atoms with Crippen molar-refractivity contribution in [3.05, 3.63) is 47.2 Å². The van der Waals surface area contributed by atoms with Gasteiger partial charge in [0.05, 0.1) is 13.1 Å². The minimum atomic E-state index is -0.507. The van der Waals surface area contributed by atoms with Crippen molar-refractivity contribution in [2.45, 2.75) is 51.8 Å². The van der Waals surface area contributed by atoms with Crippen LogP contribution in [0.1, 0.15) is 39.4 Å². The van der Waals surface area contributed by atoms with E-state index in [0.29, 0.717) is 23.9 Å². The fourth-order valence-electron chi connectivity index (χ4n) is 3.40. The first-order valence-electron chi connectivity index (χ1n) is 10.5. The van der Waals surface area contributed by atoms with Crippen molar-refractivity contribution < 1.29 is 18.7 Å². The lowest BCUT2D eigenvalue weighted by atomic mass is 10.1. The van der Waals surface area contributed by atoms with Crippen LogP contribution in [0.4, 0.5) is 4.79 Å². The molecule has 1 saturated heterocycles. The van der Waals surface area contributed by atoms with E-state index in [1.807, 2.05) is 57.2 Å². The molecular formula is C23H30ClN3O4. The van der Waals surface area contributed by atoms with Crippen LogP contribution >= 0.6 is 11.6 Å². The molecule has 0 saturated carbocycles. The average Bonchev–Trinajstić information content (AvgIpc) is 3.16. The Kier molecular flexibility index (Phi) is 7.62. The van der Waals surface area contributed by atoms with Crippen LogP contribution in [0.25, 0.3) is 11.3 Å². The molecule has 7 nitrogen and oxygen atoms in total. The van der Waals surface area contributed by atoms with Gasteiger partial charge in [-0.1, -0.05) is 11.6 Å². The minimum Gasteiger partial charge on any atom is -0.459 e. The Morgan fingerprint density at radius 1 is 1.13 bits per heavy atom. The Balaban J connectivity index is 1.37. The highest BCUT2D eigenvalue weighted by Gasteiger charge is 2.24. The molecule has 1 aliphatic heterocycles. The molecule has 8 heteroatoms. The molecule has 1 aliphatic rings. The number of carbonyl (C=O) groups excluding carboxylic acids is 2. The summed E-state index contributed by atoms with van der Waals surface area (Å²) in [5.41, 5.74) is 0.428. The van der Waals surface area contributed by atoms with Gasteiger partial charge >= 0.3 is 6.09 Å². The Labute approximate surface area is 188 Å². The van der Waals surface area contributed by atoms with Crippen molar-refractivity contribution >= 4 is 23.6 Å². The summed E-state index contributed by atoms with van der Waals surface area (Å²) in [6, 6.07) is 11.2. The van der Waals surface area contributed by atoms with Crippen molar-refractivity contribution in [3.8, 4) is 11.3 Å². The van der Waals surface area contributed by atoms with E-state index in [1.54, 1.807) is 0 Å². The number of ether oxygens (including phenoxy) is 1. The lowest BCUT2D eigenvalue weighted by Crippen LogP contribution is -2.48. The van der Waals surface area contributed by atoms with Gasteiger partial charge in [-0.15, -0.1) is 0 Å². The van der Waals surface area contributed by atoms with Crippen molar-refractivity contribution in [1.82, 2.24) is 15.5 Å². The first-order chi connectivity index (χ1) is 14.7. The Bertz CT molecular complexity index is 881. The highest BCUT2D eigenvalue weighted by Crippen LogP contribution is 2.23. The third-order valence-corrected chi connectivity index (χ3v) is 5.18. The van der Waals surface area contributed by atoms with Gasteiger partial charge in [0, 0.05) is 29.7 Å². The van der Waals surface area contributed by atoms with E-state index in [4.69, 9.17) is 20.8 Å². The topological polar surface area (TPSA) is 83.8 Å². The van der Waals surface area contributed by atoms with E-state index in [-0.39, 0.29) is 18.0 Å². The number of rotatable bonds is 6. The van der Waals surface area contributed by atoms with Crippen molar-refractivity contribution in [2.24, 2.45) is 0 Å². The zero-order chi connectivity index (χ0) is 22.4. The molecule has 0 bridgehead atoms. The lowest BCUT2D eigenvalue weighted by Gasteiger charge is -2.32. The van der Waals surface area contributed by atoms with Gasteiger partial charge in [-0.3, -0.25) is 9.69 Å². The Morgan fingerprint density at radius 3 is 2.45 bits per heavy atom. The van der Waals surface area contributed by atoms with Crippen molar-refractivity contribution in [2.75, 3.05) is 19.6 Å². The van der Waals surface area contributed by atoms with Crippen molar-refractivity contribution in [3.63, 3.8) is 0 Å². The summed E-state index contributed by atoms with van der Waals surface area (Å²) < 4.78 is 11.1. The van der Waals surface area contributed by atoms with E-state index in [2.05, 4.69) is 15.5 Å². The monoisotopic (exact) mass is 447 g/mol. The van der Waals surface area contributed by atoms with Crippen LogP contribution in [0.5, 0.6) is 0 Å². The van der Waals surface area contributed by atoms with Gasteiger partial charge in [0.15, 0.2) is 0 Å². The average molecular weight is 448 g/mol. The van der Waals surface area contributed by atoms with Gasteiger partial charge < -0.3 is 19.8 Å². The number of carbonyl (C=O) groups is 2. The molecule has 2 amide bonds. The summed E-state index contributed by atoms with van der Waals surface area (Å²) >= 11 is 5.92. The molecule has 2 N–H and O–H groups in total. The van der Waals surface area contributed by atoms with Gasteiger partial charge in [0.25, 0.3) is 0 Å². The first-order valence-corrected chi connectivity index (χ1v) is 10.9. The van der Waals surface area contributed by atoms with E-state index >= 15 is 0 Å². The number of hydrogen-bond donors (Lipinski definition) is 2. The van der Waals surface area contributed by atoms with Crippen LogP contribution in [0, 0.1) is 0 Å². The SMILES string of the molecule is CC(C)(C)OC(=O)NC1CCN(CC(=O)NCc2ccc(-c3ccc(Cl)cc3)o2)CC1. The molecule has 0 aliphatic carbocycles. The van der Waals surface area contributed by atoms with Gasteiger partial charge in [0.2, 0.25) is 5.91 Å². The van der Waals surface area contributed by atoms with Gasteiger partial charge in [0.1, 0.15) is 17.1 Å². The summed E-state index contributed by atoms with van der Waals surface area (Å²) in [5.74, 6) is 1.38. The number of amides is 2. The third kappa shape index (κ3) is 7.60. The number of likely N-dealkylation sites (tertiary alicyclic amines) is 1. The van der Waals surface area contributed by atoms with E-state index in [9.17, 15) is 9.59 Å². The molecule has 1 aromatic heterocycles. The summed E-state index contributed by atoms with van der Waals surface area (Å²) in [6.07, 6.45) is 1.18. The van der Waals surface area contributed by atoms with Crippen LogP contribution in [-0.4, -0.2) is 48.2 Å². The molecular weight excluding hydrogens is 418 g/mol. The lowest BCUT2D eigenvalue weighted by molar-refractivity contribution is -0.122. The molecule has 2 aromatic rings. The second-order valence-electron chi connectivity index (χ2n) is 8.75. The summed E-state index contributed by atoms with van der Waals surface area (Å²) in [6.45, 7) is 7.68. The summed E-state index contributed by atoms with van der Waals surface area (Å²) in [7, 11) is 0. The van der Waals surface area contributed by atoms with Crippen LogP contribution in [0.2, 0.25) is 5.02 Å². The fraction of sp³-hybridized carbons (Fsp3) is 0.478. The van der Waals surface area contributed by atoms with Crippen LogP contribution in [-0.2, 0) is 16.1 Å². The van der Waals surface area contributed by atoms with Crippen molar-refractivity contribution in [1.29, 1.82) is 0 Å². The maximum atomic E-state index is 12.3. The van der Waals surface area contributed by atoms with Crippen LogP contribution < -0.4 is 10.6 Å². The number of nitrogens with zero attached hydrogens (tertiary/aromatic N) is 1. The zero-order valence-corrected chi connectivity index (χ0v) is 19.0. The van der Waals surface area contributed by atoms with Gasteiger partial charge in [-0.05, 0) is 70.0 Å². The standard InChI is InChI=1S/C23H30ClN3O4/c1-23(2,3)31-22(29)26-18-10-12-27(13-11-18)15-21(28)25-14-19-8-9-20(30-19)16-4-6-17(24)7-5-16/h4-9,18H,10-15H2,1-3H3,(H,25,28)(H,26,29). The molecule has 168 valence electrons. The second kappa shape index (κ2) is 10.2. The predicted molar refractivity (Wildman–Crippen MR) is 120 cm³/mol. The number of nitrogens with one attached hydrogen (secondary N) is 2. The molecule has 1 fully saturated rings. The number of benzene rings is 1. The fourth-order valence-corrected chi connectivity index (χ4v) is 3.52. The highest BCUT2D eigenvalue weighted by atomic mass is 35.5. The molecule has 1 aromatic carbocycles. The number of piperidine rings is 1. The van der Waals surface area contributed by atoms with Crippen LogP contribution in [0.3, 0.4) is 0 Å². The normalized spacial score (nSPS) is 15.5. The number of alkyl carbamates (subject to hydrolysis) is 1. The highest BCUT2D eigenvalue weighted by molar-refractivity contribution is 6.30. The van der Waals surface area contributed by atoms with E-state index in [0.717, 1.165) is 37.3 Å². The molecule has 0 atom stereocenters.